The molecule has 0 radical (unpaired) electrons. The molecule has 0 amide bonds. The second kappa shape index (κ2) is 2.24. The fourth-order valence-electron chi connectivity index (χ4n) is 0.820. The summed E-state index contributed by atoms with van der Waals surface area (Å²) in [5.74, 6) is 0. The van der Waals surface area contributed by atoms with Gasteiger partial charge in [-0.25, -0.2) is 0 Å². The van der Waals surface area contributed by atoms with Gasteiger partial charge >= 0.3 is 0 Å². The fraction of sp³-hybridized carbons (Fsp3) is 0.500. The van der Waals surface area contributed by atoms with Gasteiger partial charge in [0.25, 0.3) is 0 Å². The predicted octanol–water partition coefficient (Wildman–Crippen LogP) is 0.380. The summed E-state index contributed by atoms with van der Waals surface area (Å²) in [7, 11) is 0. The summed E-state index contributed by atoms with van der Waals surface area (Å²) < 4.78 is 1.63. The van der Waals surface area contributed by atoms with E-state index < -0.39 is 5.54 Å². The molecule has 5 nitrogen and oxygen atoms in total. The van der Waals surface area contributed by atoms with Gasteiger partial charge in [0.05, 0.1) is 5.54 Å². The Morgan fingerprint density at radius 1 is 1.58 bits per heavy atom. The average molecular weight is 183 g/mol. The van der Waals surface area contributed by atoms with E-state index >= 15 is 0 Å². The Morgan fingerprint density at radius 3 is 2.92 bits per heavy atom. The molecule has 0 aliphatic carbocycles. The normalized spacial score (nSPS) is 12.6. The van der Waals surface area contributed by atoms with Crippen LogP contribution in [0.2, 0.25) is 0 Å². The van der Waals surface area contributed by atoms with E-state index in [1.165, 1.54) is 11.3 Å². The predicted molar refractivity (Wildman–Crippen MR) is 45.9 cm³/mol. The molecule has 0 fully saturated rings. The van der Waals surface area contributed by atoms with Crippen molar-refractivity contribution >= 4 is 16.3 Å². The quantitative estimate of drug-likeness (QED) is 0.694. The molecule has 0 atom stereocenters. The van der Waals surface area contributed by atoms with Crippen molar-refractivity contribution in [1.29, 1.82) is 0 Å². The van der Waals surface area contributed by atoms with Crippen molar-refractivity contribution in [1.82, 2.24) is 19.8 Å². The zero-order chi connectivity index (χ0) is 8.77. The number of hydrogen-bond acceptors (Lipinski definition) is 5. The van der Waals surface area contributed by atoms with Crippen molar-refractivity contribution < 1.29 is 0 Å². The monoisotopic (exact) mass is 183 g/mol. The molecule has 6 heteroatoms. The zero-order valence-corrected chi connectivity index (χ0v) is 7.67. The number of fused-ring (bicyclic) bond motifs is 1. The molecule has 0 bridgehead atoms. The molecular weight excluding hydrogens is 174 g/mol. The standard InChI is InChI=1S/C6H9N5S/c1-6(2,7)4-10-11-3-8-9-5(11)12-4/h3H,7H2,1-2H3. The number of rotatable bonds is 1. The number of hydrogen-bond donors (Lipinski definition) is 1. The van der Waals surface area contributed by atoms with Gasteiger partial charge < -0.3 is 5.73 Å². The van der Waals surface area contributed by atoms with E-state index in [-0.39, 0.29) is 0 Å². The molecule has 0 aliphatic heterocycles. The molecule has 0 aromatic carbocycles. The number of aromatic nitrogens is 4. The minimum atomic E-state index is -0.397. The van der Waals surface area contributed by atoms with Gasteiger partial charge in [-0.1, -0.05) is 11.3 Å². The van der Waals surface area contributed by atoms with Crippen LogP contribution >= 0.6 is 11.3 Å². The number of nitrogens with zero attached hydrogens (tertiary/aromatic N) is 4. The van der Waals surface area contributed by atoms with E-state index in [2.05, 4.69) is 15.3 Å². The molecule has 12 heavy (non-hydrogen) atoms. The Labute approximate surface area is 73.2 Å². The van der Waals surface area contributed by atoms with Crippen LogP contribution in [0.3, 0.4) is 0 Å². The smallest absolute Gasteiger partial charge is 0.234 e. The molecule has 2 aromatic heterocycles. The molecular formula is C6H9N5S. The third kappa shape index (κ3) is 1.09. The van der Waals surface area contributed by atoms with Gasteiger partial charge in [-0.15, -0.1) is 10.2 Å². The molecule has 0 spiro atoms. The summed E-state index contributed by atoms with van der Waals surface area (Å²) in [5, 5.41) is 12.7. The summed E-state index contributed by atoms with van der Waals surface area (Å²) in [6.45, 7) is 3.83. The van der Waals surface area contributed by atoms with Crippen LogP contribution in [-0.2, 0) is 5.54 Å². The van der Waals surface area contributed by atoms with Crippen LogP contribution < -0.4 is 5.73 Å². The maximum Gasteiger partial charge on any atom is 0.234 e. The van der Waals surface area contributed by atoms with Crippen molar-refractivity contribution in [3.8, 4) is 0 Å². The van der Waals surface area contributed by atoms with E-state index in [0.29, 0.717) is 0 Å². The Bertz CT molecular complexity index is 367. The lowest BCUT2D eigenvalue weighted by Gasteiger charge is -2.12. The van der Waals surface area contributed by atoms with Gasteiger partial charge in [0, 0.05) is 0 Å². The first-order valence-electron chi connectivity index (χ1n) is 3.53. The SMILES string of the molecule is CC(C)(N)c1nn2cnnc2s1. The second-order valence-corrected chi connectivity index (χ2v) is 4.14. The molecule has 0 unspecified atom stereocenters. The van der Waals surface area contributed by atoms with Gasteiger partial charge in [-0.05, 0) is 13.8 Å². The lowest BCUT2D eigenvalue weighted by molar-refractivity contribution is 0.540. The third-order valence-electron chi connectivity index (χ3n) is 1.44. The van der Waals surface area contributed by atoms with Gasteiger partial charge in [0.15, 0.2) is 0 Å². The number of nitrogens with two attached hydrogens (primary N) is 1. The molecule has 2 rings (SSSR count). The molecule has 0 saturated carbocycles. The minimum absolute atomic E-state index is 0.397. The second-order valence-electron chi connectivity index (χ2n) is 3.19. The fourth-order valence-corrected chi connectivity index (χ4v) is 1.65. The van der Waals surface area contributed by atoms with Crippen LogP contribution in [0.25, 0.3) is 4.96 Å². The van der Waals surface area contributed by atoms with Crippen LogP contribution in [0.1, 0.15) is 18.9 Å². The van der Waals surface area contributed by atoms with Gasteiger partial charge in [0.2, 0.25) is 4.96 Å². The highest BCUT2D eigenvalue weighted by Gasteiger charge is 2.19. The zero-order valence-electron chi connectivity index (χ0n) is 6.85. The van der Waals surface area contributed by atoms with Crippen molar-refractivity contribution in [2.24, 2.45) is 5.73 Å². The molecule has 64 valence electrons. The first kappa shape index (κ1) is 7.63. The highest BCUT2D eigenvalue weighted by molar-refractivity contribution is 7.16. The lowest BCUT2D eigenvalue weighted by Crippen LogP contribution is -2.28. The lowest BCUT2D eigenvalue weighted by atomic mass is 10.1. The Kier molecular flexibility index (Phi) is 1.42. The Balaban J connectivity index is 2.59. The Hall–Kier alpha value is -1.01. The van der Waals surface area contributed by atoms with Gasteiger partial charge in [-0.3, -0.25) is 0 Å². The van der Waals surface area contributed by atoms with Gasteiger partial charge in [-0.2, -0.15) is 9.61 Å². The van der Waals surface area contributed by atoms with Crippen molar-refractivity contribution in [2.45, 2.75) is 19.4 Å². The Morgan fingerprint density at radius 2 is 2.33 bits per heavy atom. The van der Waals surface area contributed by atoms with E-state index in [0.717, 1.165) is 9.97 Å². The minimum Gasteiger partial charge on any atom is -0.320 e. The van der Waals surface area contributed by atoms with Crippen molar-refractivity contribution in [3.63, 3.8) is 0 Å². The topological polar surface area (TPSA) is 69.1 Å². The summed E-state index contributed by atoms with van der Waals surface area (Å²) in [6.07, 6.45) is 1.57. The maximum atomic E-state index is 5.87. The molecule has 0 saturated heterocycles. The first-order chi connectivity index (χ1) is 5.57. The van der Waals surface area contributed by atoms with Crippen LogP contribution in [0.5, 0.6) is 0 Å². The van der Waals surface area contributed by atoms with Crippen LogP contribution in [-0.4, -0.2) is 19.8 Å². The van der Waals surface area contributed by atoms with Crippen LogP contribution in [0, 0.1) is 0 Å². The van der Waals surface area contributed by atoms with E-state index in [9.17, 15) is 0 Å². The summed E-state index contributed by atoms with van der Waals surface area (Å²) in [4.78, 5) is 0.781. The highest BCUT2D eigenvalue weighted by atomic mass is 32.1. The molecule has 2 aromatic rings. The van der Waals surface area contributed by atoms with E-state index in [1.807, 2.05) is 13.8 Å². The van der Waals surface area contributed by atoms with Crippen molar-refractivity contribution in [3.05, 3.63) is 11.3 Å². The van der Waals surface area contributed by atoms with Crippen LogP contribution in [0.15, 0.2) is 6.33 Å². The average Bonchev–Trinajstić information content (AvgIpc) is 2.37. The summed E-state index contributed by atoms with van der Waals surface area (Å²) >= 11 is 1.46. The maximum absolute atomic E-state index is 5.87. The largest absolute Gasteiger partial charge is 0.320 e. The summed E-state index contributed by atoms with van der Waals surface area (Å²) in [5.41, 5.74) is 5.47. The highest BCUT2D eigenvalue weighted by Crippen LogP contribution is 2.21. The third-order valence-corrected chi connectivity index (χ3v) is 2.69. The molecule has 2 heterocycles. The first-order valence-corrected chi connectivity index (χ1v) is 4.35. The van der Waals surface area contributed by atoms with Crippen molar-refractivity contribution in [2.75, 3.05) is 0 Å². The molecule has 0 aliphatic rings. The van der Waals surface area contributed by atoms with E-state index in [4.69, 9.17) is 5.73 Å². The van der Waals surface area contributed by atoms with Crippen LogP contribution in [0.4, 0.5) is 0 Å². The summed E-state index contributed by atoms with van der Waals surface area (Å²) in [6, 6.07) is 0. The molecule has 2 N–H and O–H groups in total. The van der Waals surface area contributed by atoms with Gasteiger partial charge in [0.1, 0.15) is 11.3 Å². The van der Waals surface area contributed by atoms with E-state index in [1.54, 1.807) is 10.8 Å².